The van der Waals surface area contributed by atoms with Crippen molar-refractivity contribution in [2.45, 2.75) is 57.2 Å². The van der Waals surface area contributed by atoms with Gasteiger partial charge in [-0.15, -0.1) is 0 Å². The number of piperidine rings is 1. The highest BCUT2D eigenvalue weighted by Gasteiger charge is 2.59. The van der Waals surface area contributed by atoms with Gasteiger partial charge >= 0.3 is 6.03 Å². The van der Waals surface area contributed by atoms with Gasteiger partial charge in [0.05, 0.1) is 0 Å². The zero-order valence-corrected chi connectivity index (χ0v) is 18.0. The SMILES string of the molecule is CCN1C(=O)N(C2Cc3ccccc3C2)C(=O)C12CCN([C@@H](C)CSC)CC2. The molecule has 1 aromatic carbocycles. The molecule has 0 bridgehead atoms. The van der Waals surface area contributed by atoms with Gasteiger partial charge in [0.1, 0.15) is 5.54 Å². The normalized spacial score (nSPS) is 23.7. The fourth-order valence-corrected chi connectivity index (χ4v) is 6.08. The molecular formula is C22H31N3O2S. The first-order valence-electron chi connectivity index (χ1n) is 10.5. The first-order chi connectivity index (χ1) is 13.5. The van der Waals surface area contributed by atoms with Crippen LogP contribution in [0, 0.1) is 0 Å². The maximum atomic E-state index is 13.6. The predicted octanol–water partition coefficient (Wildman–Crippen LogP) is 3.02. The van der Waals surface area contributed by atoms with Gasteiger partial charge in [0.2, 0.25) is 0 Å². The highest BCUT2D eigenvalue weighted by molar-refractivity contribution is 7.98. The largest absolute Gasteiger partial charge is 0.327 e. The molecule has 2 heterocycles. The molecule has 5 nitrogen and oxygen atoms in total. The van der Waals surface area contributed by atoms with Crippen LogP contribution in [0.2, 0.25) is 0 Å². The number of likely N-dealkylation sites (tertiary alicyclic amines) is 1. The molecule has 1 aliphatic carbocycles. The minimum Gasteiger partial charge on any atom is -0.310 e. The summed E-state index contributed by atoms with van der Waals surface area (Å²) in [4.78, 5) is 32.9. The van der Waals surface area contributed by atoms with Crippen molar-refractivity contribution in [3.05, 3.63) is 35.4 Å². The second-order valence-electron chi connectivity index (χ2n) is 8.40. The Kier molecular flexibility index (Phi) is 5.45. The molecule has 28 heavy (non-hydrogen) atoms. The number of amides is 3. The number of fused-ring (bicyclic) bond motifs is 1. The van der Waals surface area contributed by atoms with Gasteiger partial charge in [-0.2, -0.15) is 11.8 Å². The number of thioether (sulfide) groups is 1. The third-order valence-corrected chi connectivity index (χ3v) is 7.75. The summed E-state index contributed by atoms with van der Waals surface area (Å²) < 4.78 is 0. The molecule has 2 saturated heterocycles. The lowest BCUT2D eigenvalue weighted by molar-refractivity contribution is -0.137. The van der Waals surface area contributed by atoms with Crippen molar-refractivity contribution < 1.29 is 9.59 Å². The summed E-state index contributed by atoms with van der Waals surface area (Å²) in [5, 5.41) is 0. The van der Waals surface area contributed by atoms with Crippen LogP contribution in [0.1, 0.15) is 37.8 Å². The van der Waals surface area contributed by atoms with Crippen LogP contribution in [0.4, 0.5) is 4.79 Å². The molecule has 1 spiro atoms. The van der Waals surface area contributed by atoms with E-state index in [0.717, 1.165) is 44.5 Å². The topological polar surface area (TPSA) is 43.9 Å². The molecule has 0 radical (unpaired) electrons. The van der Waals surface area contributed by atoms with E-state index in [4.69, 9.17) is 0 Å². The maximum absolute atomic E-state index is 13.6. The first-order valence-corrected chi connectivity index (χ1v) is 11.9. The Morgan fingerprint density at radius 2 is 1.75 bits per heavy atom. The van der Waals surface area contributed by atoms with E-state index in [0.29, 0.717) is 12.6 Å². The van der Waals surface area contributed by atoms with E-state index in [1.807, 2.05) is 35.7 Å². The summed E-state index contributed by atoms with van der Waals surface area (Å²) in [6.07, 6.45) is 5.22. The molecule has 1 atom stereocenters. The highest BCUT2D eigenvalue weighted by Crippen LogP contribution is 2.40. The number of nitrogens with zero attached hydrogens (tertiary/aromatic N) is 3. The Bertz CT molecular complexity index is 735. The molecule has 0 saturated carbocycles. The number of carbonyl (C=O) groups is 2. The third kappa shape index (κ3) is 3.05. The standard InChI is InChI=1S/C22H31N3O2S/c1-4-24-21(27)25(19-13-17-7-5-6-8-18(17)14-19)20(26)22(24)9-11-23(12-10-22)16(2)15-28-3/h5-8,16,19H,4,9-15H2,1-3H3/t16-/m0/s1. The fourth-order valence-electron chi connectivity index (χ4n) is 5.38. The zero-order valence-electron chi connectivity index (χ0n) is 17.2. The molecule has 152 valence electrons. The van der Waals surface area contributed by atoms with E-state index in [1.165, 1.54) is 11.1 Å². The van der Waals surface area contributed by atoms with Crippen molar-refractivity contribution in [1.82, 2.24) is 14.7 Å². The van der Waals surface area contributed by atoms with E-state index in [9.17, 15) is 9.59 Å². The summed E-state index contributed by atoms with van der Waals surface area (Å²) in [6, 6.07) is 8.74. The Morgan fingerprint density at radius 3 is 2.29 bits per heavy atom. The Hall–Kier alpha value is -1.53. The smallest absolute Gasteiger partial charge is 0.310 e. The van der Waals surface area contributed by atoms with E-state index in [-0.39, 0.29) is 18.0 Å². The summed E-state index contributed by atoms with van der Waals surface area (Å²) in [7, 11) is 0. The lowest BCUT2D eigenvalue weighted by Gasteiger charge is -2.43. The third-order valence-electron chi connectivity index (χ3n) is 6.94. The predicted molar refractivity (Wildman–Crippen MR) is 114 cm³/mol. The number of benzene rings is 1. The summed E-state index contributed by atoms with van der Waals surface area (Å²) in [5.41, 5.74) is 1.92. The van der Waals surface area contributed by atoms with Crippen molar-refractivity contribution >= 4 is 23.7 Å². The number of hydrogen-bond donors (Lipinski definition) is 0. The molecule has 0 aromatic heterocycles. The van der Waals surface area contributed by atoms with E-state index >= 15 is 0 Å². The van der Waals surface area contributed by atoms with Crippen molar-refractivity contribution in [2.75, 3.05) is 31.6 Å². The molecule has 2 aliphatic heterocycles. The average Bonchev–Trinajstić information content (AvgIpc) is 3.20. The first kappa shape index (κ1) is 19.8. The van der Waals surface area contributed by atoms with Crippen LogP contribution in [0.15, 0.2) is 24.3 Å². The van der Waals surface area contributed by atoms with Crippen LogP contribution in [0.5, 0.6) is 0 Å². The van der Waals surface area contributed by atoms with Gasteiger partial charge in [-0.3, -0.25) is 14.6 Å². The van der Waals surface area contributed by atoms with Crippen LogP contribution in [-0.2, 0) is 17.6 Å². The maximum Gasteiger partial charge on any atom is 0.327 e. The molecular weight excluding hydrogens is 370 g/mol. The van der Waals surface area contributed by atoms with Gasteiger partial charge in [-0.25, -0.2) is 4.79 Å². The van der Waals surface area contributed by atoms with Crippen LogP contribution in [-0.4, -0.2) is 75.9 Å². The number of urea groups is 1. The quantitative estimate of drug-likeness (QED) is 0.712. The van der Waals surface area contributed by atoms with Gasteiger partial charge in [-0.05, 0) is 56.9 Å². The lowest BCUT2D eigenvalue weighted by Crippen LogP contribution is -2.58. The molecule has 0 N–H and O–H groups in total. The molecule has 3 amide bonds. The van der Waals surface area contributed by atoms with Gasteiger partial charge < -0.3 is 4.90 Å². The number of rotatable bonds is 5. The monoisotopic (exact) mass is 401 g/mol. The minimum absolute atomic E-state index is 0.0285. The number of likely N-dealkylation sites (N-methyl/N-ethyl adjacent to an activating group) is 1. The second-order valence-corrected chi connectivity index (χ2v) is 9.32. The molecule has 3 aliphatic rings. The van der Waals surface area contributed by atoms with Crippen LogP contribution >= 0.6 is 11.8 Å². The lowest BCUT2D eigenvalue weighted by atomic mass is 9.85. The average molecular weight is 402 g/mol. The van der Waals surface area contributed by atoms with E-state index in [2.05, 4.69) is 30.2 Å². The number of hydrogen-bond acceptors (Lipinski definition) is 4. The zero-order chi connectivity index (χ0) is 19.9. The van der Waals surface area contributed by atoms with Gasteiger partial charge in [-0.1, -0.05) is 24.3 Å². The molecule has 4 rings (SSSR count). The van der Waals surface area contributed by atoms with Crippen LogP contribution < -0.4 is 0 Å². The van der Waals surface area contributed by atoms with Crippen molar-refractivity contribution in [3.8, 4) is 0 Å². The number of carbonyl (C=O) groups excluding carboxylic acids is 2. The van der Waals surface area contributed by atoms with E-state index < -0.39 is 5.54 Å². The Morgan fingerprint density at radius 1 is 1.14 bits per heavy atom. The van der Waals surface area contributed by atoms with Crippen molar-refractivity contribution in [1.29, 1.82) is 0 Å². The molecule has 6 heteroatoms. The Balaban J connectivity index is 1.54. The summed E-state index contributed by atoms with van der Waals surface area (Å²) >= 11 is 1.86. The van der Waals surface area contributed by atoms with E-state index in [1.54, 1.807) is 4.90 Å². The highest BCUT2D eigenvalue weighted by atomic mass is 32.2. The van der Waals surface area contributed by atoms with Gasteiger partial charge in [0.25, 0.3) is 5.91 Å². The van der Waals surface area contributed by atoms with Crippen LogP contribution in [0.3, 0.4) is 0 Å². The van der Waals surface area contributed by atoms with Crippen LogP contribution in [0.25, 0.3) is 0 Å². The molecule has 1 aromatic rings. The summed E-state index contributed by atoms with van der Waals surface area (Å²) in [6.45, 7) is 6.63. The number of imide groups is 1. The molecule has 0 unspecified atom stereocenters. The summed E-state index contributed by atoms with van der Waals surface area (Å²) in [5.74, 6) is 1.15. The van der Waals surface area contributed by atoms with Gasteiger partial charge in [0.15, 0.2) is 0 Å². The molecule has 2 fully saturated rings. The van der Waals surface area contributed by atoms with Gasteiger partial charge in [0, 0.05) is 37.5 Å². The Labute approximate surface area is 172 Å². The fraction of sp³-hybridized carbons (Fsp3) is 0.636. The van der Waals surface area contributed by atoms with Crippen molar-refractivity contribution in [3.63, 3.8) is 0 Å². The van der Waals surface area contributed by atoms with Crippen molar-refractivity contribution in [2.24, 2.45) is 0 Å². The second kappa shape index (κ2) is 7.71. The minimum atomic E-state index is -0.629.